The number of para-hydroxylation sites is 1. The van der Waals surface area contributed by atoms with E-state index >= 15 is 0 Å². The molecule has 0 saturated heterocycles. The predicted octanol–water partition coefficient (Wildman–Crippen LogP) is 4.59. The van der Waals surface area contributed by atoms with Crippen molar-refractivity contribution in [2.45, 2.75) is 0 Å². The van der Waals surface area contributed by atoms with Crippen LogP contribution in [0.4, 0.5) is 23.0 Å². The highest BCUT2D eigenvalue weighted by atomic mass is 16.5. The molecule has 2 N–H and O–H groups in total. The lowest BCUT2D eigenvalue weighted by atomic mass is 10.1. The molecular formula is C27H30N6O3. The number of aromatic nitrogens is 3. The number of benzene rings is 2. The van der Waals surface area contributed by atoms with E-state index in [1.54, 1.807) is 26.5 Å². The highest BCUT2D eigenvalue weighted by Gasteiger charge is 2.17. The summed E-state index contributed by atoms with van der Waals surface area (Å²) in [5, 5.41) is 7.24. The number of nitrogens with one attached hydrogen (secondary N) is 2. The molecule has 36 heavy (non-hydrogen) atoms. The Bertz CT molecular complexity index is 1400. The normalized spacial score (nSPS) is 10.8. The van der Waals surface area contributed by atoms with Crippen molar-refractivity contribution < 1.29 is 14.3 Å². The van der Waals surface area contributed by atoms with E-state index in [2.05, 4.69) is 45.1 Å². The molecule has 0 spiro atoms. The molecule has 0 aliphatic carbocycles. The first-order valence-corrected chi connectivity index (χ1v) is 11.4. The zero-order valence-electron chi connectivity index (χ0n) is 20.9. The maximum Gasteiger partial charge on any atom is 0.247 e. The summed E-state index contributed by atoms with van der Waals surface area (Å²) in [6, 6.07) is 13.7. The lowest BCUT2D eigenvalue weighted by Crippen LogP contribution is -2.24. The van der Waals surface area contributed by atoms with Crippen LogP contribution in [0.15, 0.2) is 67.5 Å². The van der Waals surface area contributed by atoms with Gasteiger partial charge in [0.2, 0.25) is 11.9 Å². The van der Waals surface area contributed by atoms with Crippen molar-refractivity contribution in [1.82, 2.24) is 14.5 Å². The number of carbonyl (C=O) groups excluding carboxylic acids is 1. The van der Waals surface area contributed by atoms with E-state index in [-0.39, 0.29) is 5.91 Å². The molecule has 2 heterocycles. The van der Waals surface area contributed by atoms with Gasteiger partial charge in [0.1, 0.15) is 5.75 Å². The van der Waals surface area contributed by atoms with Gasteiger partial charge in [-0.05, 0) is 24.3 Å². The zero-order chi connectivity index (χ0) is 25.7. The van der Waals surface area contributed by atoms with E-state index < -0.39 is 0 Å². The standard InChI is InChI=1S/C27H30N6O3/c1-6-26(34)29-21-15-22(25(36-5)16-24(21)32(2)13-14-35-4)31-27-28-12-11-20(30-27)19-17-33(3)23-10-8-7-9-18(19)23/h6-12,15-17H,1,13-14H2,2-5H3,(H,29,34)(H,28,30,31). The summed E-state index contributed by atoms with van der Waals surface area (Å²) in [7, 11) is 7.17. The van der Waals surface area contributed by atoms with Crippen LogP contribution in [0.2, 0.25) is 0 Å². The van der Waals surface area contributed by atoms with Gasteiger partial charge in [0.05, 0.1) is 36.5 Å². The number of nitrogens with zero attached hydrogens (tertiary/aromatic N) is 4. The van der Waals surface area contributed by atoms with Gasteiger partial charge in [-0.25, -0.2) is 9.97 Å². The van der Waals surface area contributed by atoms with Gasteiger partial charge >= 0.3 is 0 Å². The summed E-state index contributed by atoms with van der Waals surface area (Å²) in [5.74, 6) is 0.659. The fraction of sp³-hybridized carbons (Fsp3) is 0.222. The van der Waals surface area contributed by atoms with E-state index in [9.17, 15) is 4.79 Å². The van der Waals surface area contributed by atoms with Crippen LogP contribution in [0.25, 0.3) is 22.2 Å². The molecule has 4 aromatic rings. The van der Waals surface area contributed by atoms with E-state index in [0.29, 0.717) is 36.2 Å². The smallest absolute Gasteiger partial charge is 0.247 e. The van der Waals surface area contributed by atoms with Crippen LogP contribution in [-0.4, -0.2) is 54.9 Å². The number of anilines is 4. The van der Waals surface area contributed by atoms with Crippen molar-refractivity contribution in [2.75, 3.05) is 50.0 Å². The second-order valence-electron chi connectivity index (χ2n) is 8.24. The van der Waals surface area contributed by atoms with Crippen LogP contribution >= 0.6 is 0 Å². The summed E-state index contributed by atoms with van der Waals surface area (Å²) in [5.41, 5.74) is 4.90. The Labute approximate surface area is 210 Å². The highest BCUT2D eigenvalue weighted by molar-refractivity contribution is 6.02. The number of hydrogen-bond donors (Lipinski definition) is 2. The number of rotatable bonds is 10. The van der Waals surface area contributed by atoms with Crippen LogP contribution in [0, 0.1) is 0 Å². The van der Waals surface area contributed by atoms with Gasteiger partial charge in [-0.1, -0.05) is 24.8 Å². The number of fused-ring (bicyclic) bond motifs is 1. The van der Waals surface area contributed by atoms with Crippen LogP contribution in [-0.2, 0) is 16.6 Å². The van der Waals surface area contributed by atoms with Crippen molar-refractivity contribution in [3.63, 3.8) is 0 Å². The molecule has 0 bridgehead atoms. The third kappa shape index (κ3) is 5.16. The fourth-order valence-electron chi connectivity index (χ4n) is 4.02. The molecule has 0 fully saturated rings. The van der Waals surface area contributed by atoms with Gasteiger partial charge in [-0.15, -0.1) is 0 Å². The fourth-order valence-corrected chi connectivity index (χ4v) is 4.02. The first kappa shape index (κ1) is 24.7. The summed E-state index contributed by atoms with van der Waals surface area (Å²) < 4.78 is 12.9. The maximum atomic E-state index is 12.2. The number of aryl methyl sites for hydroxylation is 1. The van der Waals surface area contributed by atoms with E-state index in [0.717, 1.165) is 27.8 Å². The molecule has 0 aliphatic heterocycles. The van der Waals surface area contributed by atoms with Crippen LogP contribution in [0.1, 0.15) is 0 Å². The number of amides is 1. The minimum atomic E-state index is -0.318. The molecule has 2 aromatic carbocycles. The first-order chi connectivity index (χ1) is 17.4. The molecule has 1 amide bonds. The lowest BCUT2D eigenvalue weighted by Gasteiger charge is -2.24. The van der Waals surface area contributed by atoms with Crippen LogP contribution in [0.3, 0.4) is 0 Å². The molecule has 0 radical (unpaired) electrons. The Kier molecular flexibility index (Phi) is 7.50. The molecular weight excluding hydrogens is 456 g/mol. The molecule has 9 nitrogen and oxygen atoms in total. The summed E-state index contributed by atoms with van der Waals surface area (Å²) in [4.78, 5) is 23.3. The first-order valence-electron chi connectivity index (χ1n) is 11.4. The van der Waals surface area contributed by atoms with E-state index in [1.165, 1.54) is 6.08 Å². The minimum Gasteiger partial charge on any atom is -0.494 e. The third-order valence-electron chi connectivity index (χ3n) is 5.88. The second-order valence-corrected chi connectivity index (χ2v) is 8.24. The van der Waals surface area contributed by atoms with Crippen molar-refractivity contribution >= 4 is 39.8 Å². The van der Waals surface area contributed by atoms with Gasteiger partial charge in [0.25, 0.3) is 0 Å². The zero-order valence-corrected chi connectivity index (χ0v) is 20.9. The lowest BCUT2D eigenvalue weighted by molar-refractivity contribution is -0.111. The maximum absolute atomic E-state index is 12.2. The average molecular weight is 487 g/mol. The SMILES string of the molecule is C=CC(=O)Nc1cc(Nc2nccc(-c3cn(C)c4ccccc34)n2)c(OC)cc1N(C)CCOC. The largest absolute Gasteiger partial charge is 0.494 e. The Morgan fingerprint density at radius 1 is 1.19 bits per heavy atom. The van der Waals surface area contributed by atoms with Crippen LogP contribution < -0.4 is 20.3 Å². The summed E-state index contributed by atoms with van der Waals surface area (Å²) >= 11 is 0. The summed E-state index contributed by atoms with van der Waals surface area (Å²) in [6.07, 6.45) is 5.00. The topological polar surface area (TPSA) is 93.5 Å². The van der Waals surface area contributed by atoms with Crippen molar-refractivity contribution in [3.8, 4) is 17.0 Å². The average Bonchev–Trinajstić information content (AvgIpc) is 3.24. The van der Waals surface area contributed by atoms with Crippen molar-refractivity contribution in [3.05, 3.63) is 67.5 Å². The Morgan fingerprint density at radius 2 is 2.00 bits per heavy atom. The second kappa shape index (κ2) is 10.9. The number of likely N-dealkylation sites (N-methyl/N-ethyl adjacent to an activating group) is 1. The number of ether oxygens (including phenoxy) is 2. The molecule has 0 unspecified atom stereocenters. The third-order valence-corrected chi connectivity index (χ3v) is 5.88. The molecule has 9 heteroatoms. The van der Waals surface area contributed by atoms with Crippen molar-refractivity contribution in [1.29, 1.82) is 0 Å². The van der Waals surface area contributed by atoms with Gasteiger partial charge in [-0.2, -0.15) is 0 Å². The monoisotopic (exact) mass is 486 g/mol. The van der Waals surface area contributed by atoms with Gasteiger partial charge in [0.15, 0.2) is 0 Å². The molecule has 0 saturated carbocycles. The molecule has 0 atom stereocenters. The van der Waals surface area contributed by atoms with E-state index in [4.69, 9.17) is 14.5 Å². The van der Waals surface area contributed by atoms with Gasteiger partial charge in [-0.3, -0.25) is 4.79 Å². The Hall–Kier alpha value is -4.37. The molecule has 4 rings (SSSR count). The Balaban J connectivity index is 1.72. The van der Waals surface area contributed by atoms with Gasteiger partial charge < -0.3 is 29.6 Å². The quantitative estimate of drug-likeness (QED) is 0.317. The van der Waals surface area contributed by atoms with Crippen LogP contribution in [0.5, 0.6) is 5.75 Å². The minimum absolute atomic E-state index is 0.318. The molecule has 186 valence electrons. The predicted molar refractivity (Wildman–Crippen MR) is 144 cm³/mol. The Morgan fingerprint density at radius 3 is 2.75 bits per heavy atom. The number of carbonyl (C=O) groups is 1. The summed E-state index contributed by atoms with van der Waals surface area (Å²) in [6.45, 7) is 4.71. The van der Waals surface area contributed by atoms with Crippen molar-refractivity contribution in [2.24, 2.45) is 7.05 Å². The molecule has 0 aliphatic rings. The highest BCUT2D eigenvalue weighted by Crippen LogP contribution is 2.38. The number of hydrogen-bond acceptors (Lipinski definition) is 7. The van der Waals surface area contributed by atoms with E-state index in [1.807, 2.05) is 43.3 Å². The molecule has 2 aromatic heterocycles. The van der Waals surface area contributed by atoms with Gasteiger partial charge in [0, 0.05) is 62.7 Å². The number of methoxy groups -OCH3 is 2.